The number of carbonyl (C=O) groups is 2. The lowest BCUT2D eigenvalue weighted by Crippen LogP contribution is -2.45. The lowest BCUT2D eigenvalue weighted by Gasteiger charge is -2.25. The first-order valence-electron chi connectivity index (χ1n) is 6.98. The van der Waals surface area contributed by atoms with Crippen LogP contribution in [0.2, 0.25) is 0 Å². The number of aromatic nitrogens is 2. The normalized spacial score (nSPS) is 12.7. The molecule has 1 aromatic rings. The molecule has 0 aliphatic rings. The monoisotopic (exact) mass is 296 g/mol. The van der Waals surface area contributed by atoms with Crippen molar-refractivity contribution < 1.29 is 14.7 Å². The van der Waals surface area contributed by atoms with Crippen LogP contribution in [0.25, 0.3) is 0 Å². The molecule has 21 heavy (non-hydrogen) atoms. The summed E-state index contributed by atoms with van der Waals surface area (Å²) >= 11 is 0. The summed E-state index contributed by atoms with van der Waals surface area (Å²) in [6, 6.07) is -0.721. The van der Waals surface area contributed by atoms with Crippen LogP contribution < -0.4 is 10.6 Å². The van der Waals surface area contributed by atoms with Gasteiger partial charge in [-0.1, -0.05) is 20.8 Å². The molecule has 0 aliphatic carbocycles. The summed E-state index contributed by atoms with van der Waals surface area (Å²) in [5, 5.41) is 14.4. The molecule has 3 N–H and O–H groups in total. The Kier molecular flexibility index (Phi) is 6.20. The summed E-state index contributed by atoms with van der Waals surface area (Å²) < 4.78 is 1.85. The van der Waals surface area contributed by atoms with E-state index in [9.17, 15) is 9.59 Å². The van der Waals surface area contributed by atoms with Crippen molar-refractivity contribution in [3.63, 3.8) is 0 Å². The standard InChI is InChI=1S/C14H24N4O3/c1-14(2,3)9-11(8-12(19)20)17-13(21)16-5-7-18-6-4-15-10-18/h4,6,10-11H,5,7-9H2,1-3H3,(H,19,20)(H2,16,17,21). The molecule has 118 valence electrons. The molecule has 0 radical (unpaired) electrons. The number of rotatable bonds is 7. The average Bonchev–Trinajstić information content (AvgIpc) is 2.78. The maximum absolute atomic E-state index is 11.8. The van der Waals surface area contributed by atoms with Gasteiger partial charge in [-0.25, -0.2) is 9.78 Å². The molecule has 1 unspecified atom stereocenters. The molecule has 0 fully saturated rings. The number of carboxylic acid groups (broad SMARTS) is 1. The highest BCUT2D eigenvalue weighted by molar-refractivity contribution is 5.75. The predicted octanol–water partition coefficient (Wildman–Crippen LogP) is 1.46. The number of hydrogen-bond donors (Lipinski definition) is 3. The van der Waals surface area contributed by atoms with Crippen molar-refractivity contribution in [2.75, 3.05) is 6.54 Å². The molecule has 1 atom stereocenters. The van der Waals surface area contributed by atoms with E-state index in [1.165, 1.54) is 0 Å². The minimum Gasteiger partial charge on any atom is -0.481 e. The summed E-state index contributed by atoms with van der Waals surface area (Å²) in [5.41, 5.74) is -0.0514. The van der Waals surface area contributed by atoms with Crippen LogP contribution in [0.4, 0.5) is 4.79 Å². The van der Waals surface area contributed by atoms with Crippen LogP contribution in [-0.2, 0) is 11.3 Å². The van der Waals surface area contributed by atoms with Crippen LogP contribution >= 0.6 is 0 Å². The van der Waals surface area contributed by atoms with Gasteiger partial charge in [-0.2, -0.15) is 0 Å². The second kappa shape index (κ2) is 7.66. The summed E-state index contributed by atoms with van der Waals surface area (Å²) in [5.74, 6) is -0.914. The predicted molar refractivity (Wildman–Crippen MR) is 78.9 cm³/mol. The highest BCUT2D eigenvalue weighted by Crippen LogP contribution is 2.22. The molecular formula is C14H24N4O3. The Morgan fingerprint density at radius 1 is 1.38 bits per heavy atom. The number of urea groups is 1. The fourth-order valence-electron chi connectivity index (χ4n) is 2.08. The van der Waals surface area contributed by atoms with Crippen molar-refractivity contribution in [3.05, 3.63) is 18.7 Å². The molecule has 1 rings (SSSR count). The average molecular weight is 296 g/mol. The van der Waals surface area contributed by atoms with Crippen LogP contribution in [0.1, 0.15) is 33.6 Å². The minimum absolute atomic E-state index is 0.0514. The number of imidazole rings is 1. The van der Waals surface area contributed by atoms with E-state index in [1.807, 2.05) is 31.5 Å². The van der Waals surface area contributed by atoms with Gasteiger partial charge in [0.1, 0.15) is 0 Å². The summed E-state index contributed by atoms with van der Waals surface area (Å²) in [6.45, 7) is 7.12. The molecule has 7 heteroatoms. The lowest BCUT2D eigenvalue weighted by molar-refractivity contribution is -0.137. The number of nitrogens with zero attached hydrogens (tertiary/aromatic N) is 2. The topological polar surface area (TPSA) is 96.3 Å². The molecule has 2 amide bonds. The van der Waals surface area contributed by atoms with E-state index < -0.39 is 5.97 Å². The quantitative estimate of drug-likeness (QED) is 0.709. The van der Waals surface area contributed by atoms with Gasteiger partial charge in [0, 0.05) is 31.5 Å². The maximum Gasteiger partial charge on any atom is 0.315 e. The number of amides is 2. The zero-order valence-electron chi connectivity index (χ0n) is 12.8. The van der Waals surface area contributed by atoms with Gasteiger partial charge >= 0.3 is 12.0 Å². The van der Waals surface area contributed by atoms with Gasteiger partial charge in [0.2, 0.25) is 0 Å². The fourth-order valence-corrected chi connectivity index (χ4v) is 2.08. The van der Waals surface area contributed by atoms with Gasteiger partial charge < -0.3 is 20.3 Å². The number of hydrogen-bond acceptors (Lipinski definition) is 3. The van der Waals surface area contributed by atoms with E-state index in [2.05, 4.69) is 15.6 Å². The van der Waals surface area contributed by atoms with Crippen molar-refractivity contribution >= 4 is 12.0 Å². The van der Waals surface area contributed by atoms with Crippen molar-refractivity contribution in [2.24, 2.45) is 5.41 Å². The zero-order valence-corrected chi connectivity index (χ0v) is 12.8. The van der Waals surface area contributed by atoms with Crippen molar-refractivity contribution in [1.29, 1.82) is 0 Å². The van der Waals surface area contributed by atoms with Gasteiger partial charge in [0.15, 0.2) is 0 Å². The first-order chi connectivity index (χ1) is 9.76. The van der Waals surface area contributed by atoms with Crippen molar-refractivity contribution in [2.45, 2.75) is 46.2 Å². The largest absolute Gasteiger partial charge is 0.481 e. The smallest absolute Gasteiger partial charge is 0.315 e. The Morgan fingerprint density at radius 3 is 2.62 bits per heavy atom. The lowest BCUT2D eigenvalue weighted by atomic mass is 9.87. The van der Waals surface area contributed by atoms with Gasteiger partial charge in [0.25, 0.3) is 0 Å². The summed E-state index contributed by atoms with van der Waals surface area (Å²) in [4.78, 5) is 26.6. The van der Waals surface area contributed by atoms with Crippen LogP contribution in [0.5, 0.6) is 0 Å². The third-order valence-electron chi connectivity index (χ3n) is 2.83. The Labute approximate surface area is 124 Å². The Bertz CT molecular complexity index is 451. The van der Waals surface area contributed by atoms with Gasteiger partial charge in [0.05, 0.1) is 12.7 Å². The number of aliphatic carboxylic acids is 1. The van der Waals surface area contributed by atoms with Crippen molar-refractivity contribution in [1.82, 2.24) is 20.2 Å². The van der Waals surface area contributed by atoms with E-state index in [4.69, 9.17) is 5.11 Å². The fraction of sp³-hybridized carbons (Fsp3) is 0.643. The number of carbonyl (C=O) groups excluding carboxylic acids is 1. The Balaban J connectivity index is 2.38. The molecule has 0 aliphatic heterocycles. The van der Waals surface area contributed by atoms with E-state index in [1.54, 1.807) is 12.5 Å². The molecule has 0 spiro atoms. The second-order valence-electron chi connectivity index (χ2n) is 6.26. The molecule has 0 aromatic carbocycles. The van der Waals surface area contributed by atoms with Gasteiger partial charge in [-0.05, 0) is 11.8 Å². The highest BCUT2D eigenvalue weighted by atomic mass is 16.4. The molecule has 0 saturated carbocycles. The summed E-state index contributed by atoms with van der Waals surface area (Å²) in [7, 11) is 0. The van der Waals surface area contributed by atoms with Gasteiger partial charge in [-0.3, -0.25) is 4.79 Å². The highest BCUT2D eigenvalue weighted by Gasteiger charge is 2.22. The third-order valence-corrected chi connectivity index (χ3v) is 2.83. The van der Waals surface area contributed by atoms with Crippen LogP contribution in [0.15, 0.2) is 18.7 Å². The number of carboxylic acids is 1. The Hall–Kier alpha value is -2.05. The zero-order chi connectivity index (χ0) is 15.9. The molecule has 0 saturated heterocycles. The SMILES string of the molecule is CC(C)(C)CC(CC(=O)O)NC(=O)NCCn1ccnc1. The third kappa shape index (κ3) is 7.96. The number of nitrogens with one attached hydrogen (secondary N) is 2. The van der Waals surface area contributed by atoms with Gasteiger partial charge in [-0.15, -0.1) is 0 Å². The molecular weight excluding hydrogens is 272 g/mol. The van der Waals surface area contributed by atoms with E-state index in [0.717, 1.165) is 0 Å². The molecule has 7 nitrogen and oxygen atoms in total. The first kappa shape index (κ1) is 17.0. The van der Waals surface area contributed by atoms with Crippen molar-refractivity contribution in [3.8, 4) is 0 Å². The van der Waals surface area contributed by atoms with E-state index in [0.29, 0.717) is 19.5 Å². The van der Waals surface area contributed by atoms with Crippen LogP contribution in [-0.4, -0.2) is 39.2 Å². The van der Waals surface area contributed by atoms with Crippen LogP contribution in [0, 0.1) is 5.41 Å². The Morgan fingerprint density at radius 2 is 2.10 bits per heavy atom. The minimum atomic E-state index is -0.914. The van der Waals surface area contributed by atoms with E-state index in [-0.39, 0.29) is 23.9 Å². The van der Waals surface area contributed by atoms with E-state index >= 15 is 0 Å². The van der Waals surface area contributed by atoms with Crippen LogP contribution in [0.3, 0.4) is 0 Å². The summed E-state index contributed by atoms with van der Waals surface area (Å²) in [6.07, 6.45) is 5.69. The molecule has 0 bridgehead atoms. The molecule has 1 heterocycles. The first-order valence-corrected chi connectivity index (χ1v) is 6.98. The maximum atomic E-state index is 11.8. The second-order valence-corrected chi connectivity index (χ2v) is 6.26. The molecule has 1 aromatic heterocycles.